The Morgan fingerprint density at radius 1 is 0.917 bits per heavy atom. The van der Waals surface area contributed by atoms with E-state index >= 15 is 0 Å². The molecule has 1 aromatic heterocycles. The Morgan fingerprint density at radius 3 is 2.06 bits per heavy atom. The topological polar surface area (TPSA) is 103 Å². The molecular weight excluding hydrogens is 468 g/mol. The number of methoxy groups -OCH3 is 2. The Morgan fingerprint density at radius 2 is 1.50 bits per heavy atom. The predicted octanol–water partition coefficient (Wildman–Crippen LogP) is 4.47. The van der Waals surface area contributed by atoms with E-state index in [1.54, 1.807) is 27.7 Å². The number of hydrogen-bond donors (Lipinski definition) is 0. The minimum Gasteiger partial charge on any atom is -0.467 e. The molecule has 3 rings (SSSR count). The molecule has 0 aliphatic heterocycles. The van der Waals surface area contributed by atoms with Gasteiger partial charge in [-0.2, -0.15) is 0 Å². The Hall–Kier alpha value is -3.24. The van der Waals surface area contributed by atoms with E-state index in [0.29, 0.717) is 5.75 Å². The third-order valence-corrected chi connectivity index (χ3v) is 5.46. The molecule has 0 saturated carbocycles. The lowest BCUT2D eigenvalue weighted by molar-refractivity contribution is -0.295. The number of carbonyl (C=O) groups is 1. The fraction of sp³-hybridized carbons (Fsp3) is 0.407. The number of benzene rings is 1. The van der Waals surface area contributed by atoms with Crippen LogP contribution in [0.4, 0.5) is 0 Å². The number of ketones is 1. The van der Waals surface area contributed by atoms with Gasteiger partial charge in [-0.05, 0) is 39.8 Å². The molecule has 0 unspecified atom stereocenters. The highest BCUT2D eigenvalue weighted by atomic mass is 16.7. The van der Waals surface area contributed by atoms with Gasteiger partial charge < -0.3 is 32.8 Å². The smallest absolute Gasteiger partial charge is 0.296 e. The molecule has 194 valence electrons. The van der Waals surface area contributed by atoms with E-state index in [9.17, 15) is 9.59 Å². The number of carbonyl (C=O) groups excluding carboxylic acids is 1. The molecule has 1 aromatic carbocycles. The van der Waals surface area contributed by atoms with Crippen molar-refractivity contribution in [3.63, 3.8) is 0 Å². The van der Waals surface area contributed by atoms with Crippen molar-refractivity contribution in [1.29, 1.82) is 0 Å². The summed E-state index contributed by atoms with van der Waals surface area (Å²) in [6.07, 6.45) is 5.66. The molecule has 9 heteroatoms. The van der Waals surface area contributed by atoms with Crippen LogP contribution in [0.3, 0.4) is 0 Å². The summed E-state index contributed by atoms with van der Waals surface area (Å²) in [4.78, 5) is 27.3. The molecule has 0 radical (unpaired) electrons. The molecule has 1 aliphatic carbocycles. The van der Waals surface area contributed by atoms with E-state index in [1.807, 2.05) is 0 Å². The van der Waals surface area contributed by atoms with Crippen LogP contribution < -0.4 is 14.9 Å². The normalized spacial score (nSPS) is 15.0. The summed E-state index contributed by atoms with van der Waals surface area (Å²) < 4.78 is 40.0. The molecule has 0 N–H and O–H groups in total. The molecule has 1 heterocycles. The van der Waals surface area contributed by atoms with Gasteiger partial charge in [-0.1, -0.05) is 12.2 Å². The van der Waals surface area contributed by atoms with E-state index in [-0.39, 0.29) is 41.6 Å². The van der Waals surface area contributed by atoms with Crippen molar-refractivity contribution in [3.8, 4) is 11.5 Å². The van der Waals surface area contributed by atoms with Crippen LogP contribution >= 0.6 is 0 Å². The lowest BCUT2D eigenvalue weighted by Gasteiger charge is -2.42. The third kappa shape index (κ3) is 5.29. The molecule has 2 aromatic rings. The van der Waals surface area contributed by atoms with Crippen molar-refractivity contribution in [1.82, 2.24) is 0 Å². The number of ether oxygens (including phenoxy) is 6. The van der Waals surface area contributed by atoms with Crippen molar-refractivity contribution >= 4 is 22.8 Å². The zero-order valence-electron chi connectivity index (χ0n) is 21.5. The first-order valence-corrected chi connectivity index (χ1v) is 11.2. The van der Waals surface area contributed by atoms with Gasteiger partial charge >= 0.3 is 0 Å². The van der Waals surface area contributed by atoms with Crippen LogP contribution in [0.5, 0.6) is 11.5 Å². The molecule has 0 saturated heterocycles. The van der Waals surface area contributed by atoms with Crippen LogP contribution in [0, 0.1) is 0 Å². The van der Waals surface area contributed by atoms with E-state index in [2.05, 4.69) is 13.2 Å². The average molecular weight is 501 g/mol. The SMILES string of the molecule is C=CC(C)(C)OC1(OC(C)(C)C=C)C(=O)C=Cc2c1oc1cc(OCOC)cc(OCOC)c1c2=O. The van der Waals surface area contributed by atoms with Gasteiger partial charge in [-0.3, -0.25) is 9.59 Å². The first kappa shape index (κ1) is 27.3. The maximum absolute atomic E-state index is 13.8. The van der Waals surface area contributed by atoms with Gasteiger partial charge in [0, 0.05) is 26.4 Å². The Labute approximate surface area is 209 Å². The first-order valence-electron chi connectivity index (χ1n) is 11.2. The van der Waals surface area contributed by atoms with Gasteiger partial charge in [0.2, 0.25) is 11.2 Å². The summed E-state index contributed by atoms with van der Waals surface area (Å²) in [7, 11) is 2.93. The van der Waals surface area contributed by atoms with E-state index in [0.717, 1.165) is 0 Å². The minimum absolute atomic E-state index is 0.0527. The standard InChI is InChI=1S/C27H32O9/c1-9-25(3,4)35-27(36-26(5,6)10-2)21(28)12-11-18-23(29)22-19(33-16-31-8)13-17(32-15-30-7)14-20(22)34-24(18)27/h9-14H,1-2,15-16H2,3-8H3. The largest absolute Gasteiger partial charge is 0.467 e. The van der Waals surface area contributed by atoms with Crippen molar-refractivity contribution < 1.29 is 37.6 Å². The Bertz CT molecular complexity index is 1230. The second-order valence-corrected chi connectivity index (χ2v) is 9.20. The molecule has 1 aliphatic rings. The van der Waals surface area contributed by atoms with Crippen molar-refractivity contribution in [2.75, 3.05) is 27.8 Å². The van der Waals surface area contributed by atoms with Gasteiger partial charge in [-0.15, -0.1) is 13.2 Å². The van der Waals surface area contributed by atoms with Crippen molar-refractivity contribution in [2.45, 2.75) is 44.7 Å². The second kappa shape index (κ2) is 10.4. The molecule has 0 fully saturated rings. The van der Waals surface area contributed by atoms with Crippen LogP contribution in [-0.4, -0.2) is 44.8 Å². The molecule has 0 amide bonds. The highest BCUT2D eigenvalue weighted by Gasteiger charge is 2.53. The molecule has 9 nitrogen and oxygen atoms in total. The fourth-order valence-electron chi connectivity index (χ4n) is 3.53. The summed E-state index contributed by atoms with van der Waals surface area (Å²) in [5.41, 5.74) is -2.37. The second-order valence-electron chi connectivity index (χ2n) is 9.20. The van der Waals surface area contributed by atoms with Gasteiger partial charge in [0.1, 0.15) is 22.5 Å². The lowest BCUT2D eigenvalue weighted by Crippen LogP contribution is -2.52. The van der Waals surface area contributed by atoms with Gasteiger partial charge in [0.05, 0.1) is 16.8 Å². The zero-order chi connectivity index (χ0) is 26.7. The molecule has 36 heavy (non-hydrogen) atoms. The minimum atomic E-state index is -2.11. The lowest BCUT2D eigenvalue weighted by atomic mass is 9.93. The van der Waals surface area contributed by atoms with Crippen LogP contribution in [0.1, 0.15) is 39.0 Å². The number of rotatable bonds is 12. The van der Waals surface area contributed by atoms with E-state index in [1.165, 1.54) is 50.7 Å². The summed E-state index contributed by atoms with van der Waals surface area (Å²) >= 11 is 0. The third-order valence-electron chi connectivity index (χ3n) is 5.46. The maximum atomic E-state index is 13.8. The highest BCUT2D eigenvalue weighted by molar-refractivity contribution is 6.03. The summed E-state index contributed by atoms with van der Waals surface area (Å²) in [6.45, 7) is 14.3. The summed E-state index contributed by atoms with van der Waals surface area (Å²) in [5, 5.41) is 0.134. The Balaban J connectivity index is 2.39. The zero-order valence-corrected chi connectivity index (χ0v) is 21.5. The van der Waals surface area contributed by atoms with Gasteiger partial charge in [-0.25, -0.2) is 0 Å². The van der Waals surface area contributed by atoms with Gasteiger partial charge in [0.25, 0.3) is 5.79 Å². The molecule has 0 atom stereocenters. The van der Waals surface area contributed by atoms with Crippen LogP contribution in [0.2, 0.25) is 0 Å². The first-order chi connectivity index (χ1) is 16.9. The van der Waals surface area contributed by atoms with Crippen LogP contribution in [0.15, 0.2) is 52.7 Å². The summed E-state index contributed by atoms with van der Waals surface area (Å²) in [5.74, 6) is -2.30. The summed E-state index contributed by atoms with van der Waals surface area (Å²) in [6, 6.07) is 3.03. The fourth-order valence-corrected chi connectivity index (χ4v) is 3.53. The Kier molecular flexibility index (Phi) is 7.90. The van der Waals surface area contributed by atoms with E-state index < -0.39 is 28.2 Å². The average Bonchev–Trinajstić information content (AvgIpc) is 2.83. The quantitative estimate of drug-likeness (QED) is 0.308. The highest BCUT2D eigenvalue weighted by Crippen LogP contribution is 2.43. The van der Waals surface area contributed by atoms with E-state index in [4.69, 9.17) is 32.8 Å². The van der Waals surface area contributed by atoms with Crippen molar-refractivity contribution in [3.05, 3.63) is 65.1 Å². The van der Waals surface area contributed by atoms with Crippen molar-refractivity contribution in [2.24, 2.45) is 0 Å². The monoisotopic (exact) mass is 500 g/mol. The molecule has 0 spiro atoms. The predicted molar refractivity (Wildman–Crippen MR) is 134 cm³/mol. The number of fused-ring (bicyclic) bond motifs is 2. The molecule has 0 bridgehead atoms. The maximum Gasteiger partial charge on any atom is 0.296 e. The molecular formula is C27H32O9. The van der Waals surface area contributed by atoms with Crippen LogP contribution in [-0.2, 0) is 29.5 Å². The van der Waals surface area contributed by atoms with Gasteiger partial charge in [0.15, 0.2) is 19.3 Å². The number of hydrogen-bond acceptors (Lipinski definition) is 9. The van der Waals surface area contributed by atoms with Crippen LogP contribution in [0.25, 0.3) is 17.0 Å².